The smallest absolute Gasteiger partial charge is 0.365 e. The Balaban J connectivity index is 1.51. The Morgan fingerprint density at radius 2 is 1.82 bits per heavy atom. The van der Waals surface area contributed by atoms with Gasteiger partial charge in [0, 0.05) is 55.3 Å². The highest BCUT2D eigenvalue weighted by molar-refractivity contribution is 7.99. The van der Waals surface area contributed by atoms with Gasteiger partial charge in [0.25, 0.3) is 5.91 Å². The lowest BCUT2D eigenvalue weighted by atomic mass is 10.2. The van der Waals surface area contributed by atoms with Gasteiger partial charge in [0.2, 0.25) is 5.95 Å². The summed E-state index contributed by atoms with van der Waals surface area (Å²) in [5.41, 5.74) is 1.18. The van der Waals surface area contributed by atoms with Gasteiger partial charge < -0.3 is 20.3 Å². The maximum atomic E-state index is 13.7. The van der Waals surface area contributed by atoms with E-state index in [9.17, 15) is 18.0 Å². The quantitative estimate of drug-likeness (QED) is 0.226. The van der Waals surface area contributed by atoms with E-state index in [1.54, 1.807) is 60.9 Å². The Bertz CT molecular complexity index is 1420. The lowest BCUT2D eigenvalue weighted by molar-refractivity contribution is -0.137. The number of hydrogen-bond donors (Lipinski definition) is 3. The molecular weight excluding hydrogens is 529 g/mol. The summed E-state index contributed by atoms with van der Waals surface area (Å²) in [5.74, 6) is -0.158. The molecule has 13 heteroatoms. The lowest BCUT2D eigenvalue weighted by Gasteiger charge is -2.19. The van der Waals surface area contributed by atoms with E-state index in [4.69, 9.17) is 0 Å². The number of amides is 1. The van der Waals surface area contributed by atoms with Crippen LogP contribution in [0.3, 0.4) is 0 Å². The second kappa shape index (κ2) is 12.4. The van der Waals surface area contributed by atoms with Gasteiger partial charge in [0.15, 0.2) is 0 Å². The van der Waals surface area contributed by atoms with Gasteiger partial charge in [0.1, 0.15) is 17.2 Å². The molecule has 1 aromatic carbocycles. The molecule has 0 bridgehead atoms. The Morgan fingerprint density at radius 1 is 1.00 bits per heavy atom. The molecular formula is C26H25F3N8OS. The number of pyridine rings is 2. The minimum absolute atomic E-state index is 0.0551. The van der Waals surface area contributed by atoms with Crippen molar-refractivity contribution in [2.45, 2.75) is 19.3 Å². The summed E-state index contributed by atoms with van der Waals surface area (Å²) < 4.78 is 43.0. The van der Waals surface area contributed by atoms with Gasteiger partial charge in [-0.25, -0.2) is 9.97 Å². The summed E-state index contributed by atoms with van der Waals surface area (Å²) in [6.07, 6.45) is 1.18. The van der Waals surface area contributed by atoms with E-state index in [1.165, 1.54) is 11.9 Å². The molecule has 3 heterocycles. The first-order chi connectivity index (χ1) is 18.7. The number of nitrogens with zero attached hydrogens (tertiary/aromatic N) is 5. The summed E-state index contributed by atoms with van der Waals surface area (Å²) in [6, 6.07) is 15.4. The fourth-order valence-corrected chi connectivity index (χ4v) is 3.88. The number of rotatable bonds is 10. The third-order valence-electron chi connectivity index (χ3n) is 5.52. The molecule has 0 fully saturated rings. The van der Waals surface area contributed by atoms with Crippen LogP contribution in [0.5, 0.6) is 0 Å². The van der Waals surface area contributed by atoms with Crippen molar-refractivity contribution in [1.29, 1.82) is 0 Å². The molecule has 0 saturated heterocycles. The molecule has 4 rings (SSSR count). The van der Waals surface area contributed by atoms with Gasteiger partial charge in [-0.3, -0.25) is 9.78 Å². The zero-order valence-electron chi connectivity index (χ0n) is 21.0. The molecule has 3 N–H and O–H groups in total. The molecule has 4 aromatic rings. The summed E-state index contributed by atoms with van der Waals surface area (Å²) >= 11 is 1.43. The third kappa shape index (κ3) is 7.35. The molecule has 0 spiro atoms. The third-order valence-corrected chi connectivity index (χ3v) is 6.24. The van der Waals surface area contributed by atoms with E-state index >= 15 is 0 Å². The molecule has 0 aliphatic carbocycles. The van der Waals surface area contributed by atoms with Crippen LogP contribution < -0.4 is 20.3 Å². The SMILES string of the molecule is CSN(C)c1ncccc1CNc1nc(Nc2cccc(C(=O)NCc3ccccn3)c2)ncc1C(F)(F)F. The van der Waals surface area contributed by atoms with Crippen LogP contribution in [0.25, 0.3) is 0 Å². The van der Waals surface area contributed by atoms with Crippen LogP contribution in [-0.2, 0) is 19.3 Å². The molecule has 0 aliphatic rings. The summed E-state index contributed by atoms with van der Waals surface area (Å²) in [5, 5.41) is 8.45. The van der Waals surface area contributed by atoms with Crippen molar-refractivity contribution >= 4 is 41.1 Å². The van der Waals surface area contributed by atoms with Gasteiger partial charge in [-0.05, 0) is 36.4 Å². The minimum atomic E-state index is -4.67. The molecule has 1 amide bonds. The van der Waals surface area contributed by atoms with Crippen molar-refractivity contribution in [1.82, 2.24) is 25.3 Å². The highest BCUT2D eigenvalue weighted by atomic mass is 32.2. The average molecular weight is 555 g/mol. The number of aromatic nitrogens is 4. The minimum Gasteiger partial charge on any atom is -0.365 e. The first kappa shape index (κ1) is 27.6. The molecule has 0 aliphatic heterocycles. The highest BCUT2D eigenvalue weighted by Gasteiger charge is 2.35. The topological polar surface area (TPSA) is 108 Å². The van der Waals surface area contributed by atoms with E-state index in [1.807, 2.05) is 23.7 Å². The Kier molecular flexibility index (Phi) is 8.81. The van der Waals surface area contributed by atoms with Gasteiger partial charge >= 0.3 is 6.18 Å². The fraction of sp³-hybridized carbons (Fsp3) is 0.192. The van der Waals surface area contributed by atoms with Gasteiger partial charge in [-0.15, -0.1) is 0 Å². The summed E-state index contributed by atoms with van der Waals surface area (Å²) in [7, 11) is 1.82. The highest BCUT2D eigenvalue weighted by Crippen LogP contribution is 2.34. The number of anilines is 4. The van der Waals surface area contributed by atoms with Crippen LogP contribution in [0.4, 0.5) is 36.4 Å². The van der Waals surface area contributed by atoms with E-state index in [0.717, 1.165) is 6.20 Å². The number of nitrogens with one attached hydrogen (secondary N) is 3. The van der Waals surface area contributed by atoms with Crippen LogP contribution in [0, 0.1) is 0 Å². The van der Waals surface area contributed by atoms with E-state index in [2.05, 4.69) is 35.9 Å². The average Bonchev–Trinajstić information content (AvgIpc) is 2.94. The van der Waals surface area contributed by atoms with Crippen LogP contribution in [0.1, 0.15) is 27.2 Å². The Morgan fingerprint density at radius 3 is 2.56 bits per heavy atom. The molecule has 9 nitrogen and oxygen atoms in total. The van der Waals surface area contributed by atoms with Crippen molar-refractivity contribution < 1.29 is 18.0 Å². The van der Waals surface area contributed by atoms with Crippen LogP contribution in [-0.4, -0.2) is 39.1 Å². The van der Waals surface area contributed by atoms with Crippen molar-refractivity contribution in [2.75, 3.05) is 28.2 Å². The van der Waals surface area contributed by atoms with Crippen molar-refractivity contribution in [3.05, 3.63) is 95.6 Å². The second-order valence-electron chi connectivity index (χ2n) is 8.18. The molecule has 0 unspecified atom stereocenters. The zero-order valence-corrected chi connectivity index (χ0v) is 21.8. The zero-order chi connectivity index (χ0) is 27.8. The normalized spacial score (nSPS) is 11.1. The van der Waals surface area contributed by atoms with Crippen LogP contribution in [0.2, 0.25) is 0 Å². The Hall–Kier alpha value is -4.39. The predicted molar refractivity (Wildman–Crippen MR) is 146 cm³/mol. The van der Waals surface area contributed by atoms with Crippen molar-refractivity contribution in [3.63, 3.8) is 0 Å². The summed E-state index contributed by atoms with van der Waals surface area (Å²) in [6.45, 7) is 0.305. The van der Waals surface area contributed by atoms with Crippen molar-refractivity contribution in [3.8, 4) is 0 Å². The first-order valence-corrected chi connectivity index (χ1v) is 12.9. The molecule has 3 aromatic heterocycles. The molecule has 202 valence electrons. The monoisotopic (exact) mass is 554 g/mol. The number of alkyl halides is 3. The van der Waals surface area contributed by atoms with E-state index < -0.39 is 11.7 Å². The maximum Gasteiger partial charge on any atom is 0.421 e. The number of carbonyl (C=O) groups excluding carboxylic acids is 1. The maximum absolute atomic E-state index is 13.7. The molecule has 0 radical (unpaired) electrons. The van der Waals surface area contributed by atoms with Crippen molar-refractivity contribution in [2.24, 2.45) is 0 Å². The van der Waals surface area contributed by atoms with Crippen LogP contribution in [0.15, 0.2) is 73.2 Å². The number of benzene rings is 1. The molecule has 39 heavy (non-hydrogen) atoms. The van der Waals surface area contributed by atoms with Gasteiger partial charge in [0.05, 0.1) is 12.2 Å². The van der Waals surface area contributed by atoms with Gasteiger partial charge in [-0.2, -0.15) is 18.2 Å². The van der Waals surface area contributed by atoms with E-state index in [-0.39, 0.29) is 30.8 Å². The number of carbonyl (C=O) groups is 1. The van der Waals surface area contributed by atoms with Crippen LogP contribution >= 0.6 is 11.9 Å². The standard InChI is InChI=1S/C26H25F3N8OS/c1-37(39-2)23-18(8-6-12-31-23)14-32-22-21(26(27,28)29)16-34-25(36-22)35-19-10-5-7-17(13-19)24(38)33-15-20-9-3-4-11-30-20/h3-13,16H,14-15H2,1-2H3,(H,33,38)(H2,32,34,35,36). The predicted octanol–water partition coefficient (Wildman–Crippen LogP) is 5.29. The first-order valence-electron chi connectivity index (χ1n) is 11.7. The Labute approximate surface area is 227 Å². The number of hydrogen-bond acceptors (Lipinski definition) is 9. The lowest BCUT2D eigenvalue weighted by Crippen LogP contribution is -2.23. The fourth-order valence-electron chi connectivity index (χ4n) is 3.54. The number of halogens is 3. The largest absolute Gasteiger partial charge is 0.421 e. The van der Waals surface area contributed by atoms with E-state index in [0.29, 0.717) is 28.3 Å². The van der Waals surface area contributed by atoms with Gasteiger partial charge in [-0.1, -0.05) is 30.1 Å². The summed E-state index contributed by atoms with van der Waals surface area (Å²) in [4.78, 5) is 29.0. The second-order valence-corrected chi connectivity index (χ2v) is 9.10. The molecule has 0 saturated carbocycles. The molecule has 0 atom stereocenters.